The first kappa shape index (κ1) is 28.0. The molecule has 0 amide bonds. The lowest BCUT2D eigenvalue weighted by molar-refractivity contribution is 0.292. The molecule has 0 radical (unpaired) electrons. The van der Waals surface area contributed by atoms with Gasteiger partial charge in [-0.2, -0.15) is 0 Å². The van der Waals surface area contributed by atoms with Gasteiger partial charge < -0.3 is 0 Å². The maximum Gasteiger partial charge on any atom is -0.0438 e. The topological polar surface area (TPSA) is 0 Å². The number of rotatable bonds is 19. The molecule has 0 heterocycles. The predicted octanol–water partition coefficient (Wildman–Crippen LogP) is 10.3. The van der Waals surface area contributed by atoms with Crippen molar-refractivity contribution in [1.82, 2.24) is 0 Å². The van der Waals surface area contributed by atoms with E-state index in [9.17, 15) is 0 Å². The molecule has 170 valence electrons. The Morgan fingerprint density at radius 1 is 0.357 bits per heavy atom. The van der Waals surface area contributed by atoms with Crippen LogP contribution in [0.2, 0.25) is 0 Å². The molecule has 0 aromatic carbocycles. The summed E-state index contributed by atoms with van der Waals surface area (Å²) in [6.45, 7) is 19.5. The Bertz CT molecular complexity index is 320. The van der Waals surface area contributed by atoms with Crippen LogP contribution in [0.15, 0.2) is 0 Å². The largest absolute Gasteiger partial charge is 0.0654 e. The molecular formula is C28H58. The highest BCUT2D eigenvalue weighted by Gasteiger charge is 2.15. The monoisotopic (exact) mass is 394 g/mol. The molecule has 0 rings (SSSR count). The van der Waals surface area contributed by atoms with Gasteiger partial charge in [-0.3, -0.25) is 0 Å². The molecule has 0 nitrogen and oxygen atoms in total. The predicted molar refractivity (Wildman–Crippen MR) is 131 cm³/mol. The van der Waals surface area contributed by atoms with Crippen LogP contribution < -0.4 is 0 Å². The van der Waals surface area contributed by atoms with Crippen molar-refractivity contribution in [3.05, 3.63) is 0 Å². The Morgan fingerprint density at radius 3 is 1.14 bits per heavy atom. The molecule has 0 heteroatoms. The second-order valence-corrected chi connectivity index (χ2v) is 11.1. The van der Waals surface area contributed by atoms with Gasteiger partial charge in [0.15, 0.2) is 0 Å². The minimum Gasteiger partial charge on any atom is -0.0654 e. The van der Waals surface area contributed by atoms with Gasteiger partial charge in [0.1, 0.15) is 0 Å². The Morgan fingerprint density at radius 2 is 0.714 bits per heavy atom. The summed E-state index contributed by atoms with van der Waals surface area (Å²) in [7, 11) is 0. The van der Waals surface area contributed by atoms with E-state index in [1.807, 2.05) is 0 Å². The summed E-state index contributed by atoms with van der Waals surface area (Å²) in [5.41, 5.74) is 0. The molecule has 0 aliphatic rings. The summed E-state index contributed by atoms with van der Waals surface area (Å²) in [4.78, 5) is 0. The molecule has 0 spiro atoms. The van der Waals surface area contributed by atoms with Crippen LogP contribution in [0.25, 0.3) is 0 Å². The highest BCUT2D eigenvalue weighted by molar-refractivity contribution is 4.67. The molecule has 0 bridgehead atoms. The van der Waals surface area contributed by atoms with Gasteiger partial charge in [-0.05, 0) is 61.2 Å². The average molecular weight is 395 g/mol. The van der Waals surface area contributed by atoms with Crippen LogP contribution >= 0.6 is 0 Å². The first-order valence-electron chi connectivity index (χ1n) is 13.3. The van der Waals surface area contributed by atoms with Crippen LogP contribution in [0.4, 0.5) is 0 Å². The van der Waals surface area contributed by atoms with Gasteiger partial charge in [-0.25, -0.2) is 0 Å². The maximum atomic E-state index is 2.50. The number of hydrogen-bond acceptors (Lipinski definition) is 0. The van der Waals surface area contributed by atoms with E-state index in [0.717, 1.165) is 35.5 Å². The van der Waals surface area contributed by atoms with Gasteiger partial charge in [0, 0.05) is 0 Å². The van der Waals surface area contributed by atoms with Gasteiger partial charge >= 0.3 is 0 Å². The highest BCUT2D eigenvalue weighted by Crippen LogP contribution is 2.28. The van der Waals surface area contributed by atoms with Crippen LogP contribution in [0.5, 0.6) is 0 Å². The molecule has 0 aliphatic carbocycles. The van der Waals surface area contributed by atoms with Gasteiger partial charge in [0.2, 0.25) is 0 Å². The third-order valence-corrected chi connectivity index (χ3v) is 6.94. The lowest BCUT2D eigenvalue weighted by Crippen LogP contribution is -2.10. The maximum absolute atomic E-state index is 2.50. The first-order valence-corrected chi connectivity index (χ1v) is 13.3. The van der Waals surface area contributed by atoms with E-state index in [4.69, 9.17) is 0 Å². The number of unbranched alkanes of at least 4 members (excludes halogenated alkanes) is 3. The number of hydrogen-bond donors (Lipinski definition) is 0. The second kappa shape index (κ2) is 17.8. The molecule has 0 fully saturated rings. The quantitative estimate of drug-likeness (QED) is 0.191. The summed E-state index contributed by atoms with van der Waals surface area (Å²) in [6, 6.07) is 0. The molecule has 0 N–H and O–H groups in total. The molecule has 0 saturated carbocycles. The lowest BCUT2D eigenvalue weighted by Gasteiger charge is -2.23. The summed E-state index contributed by atoms with van der Waals surface area (Å²) in [5, 5.41) is 0. The van der Waals surface area contributed by atoms with Crippen molar-refractivity contribution in [3.63, 3.8) is 0 Å². The zero-order chi connectivity index (χ0) is 21.4. The molecule has 0 aliphatic heterocycles. The molecule has 0 aromatic heterocycles. The van der Waals surface area contributed by atoms with Gasteiger partial charge in [-0.1, -0.05) is 120 Å². The fourth-order valence-electron chi connectivity index (χ4n) is 5.62. The van der Waals surface area contributed by atoms with Crippen LogP contribution in [0, 0.1) is 35.5 Å². The standard InChI is InChI=1S/C28H58/c1-9-11-16-24(4)19-25(5)17-13-12-14-18-26(6)21-28(8)22-27(7)20-23(3)15-10-2/h23-28H,9-22H2,1-8H3/t23-,24?,25?,26+,27+,28+/m1/s1. The Balaban J connectivity index is 3.73. The minimum absolute atomic E-state index is 0.906. The lowest BCUT2D eigenvalue weighted by atomic mass is 9.83. The Hall–Kier alpha value is 0. The Kier molecular flexibility index (Phi) is 17.8. The molecule has 28 heavy (non-hydrogen) atoms. The van der Waals surface area contributed by atoms with E-state index in [2.05, 4.69) is 55.4 Å². The minimum atomic E-state index is 0.906. The SMILES string of the molecule is CCCCC(C)CC(C)CCCCC[C@H](C)C[C@H](C)C[C@@H](C)C[C@H](C)CCC. The first-order chi connectivity index (χ1) is 13.3. The fraction of sp³-hybridized carbons (Fsp3) is 1.00. The molecular weight excluding hydrogens is 336 g/mol. The Labute approximate surface area is 181 Å². The van der Waals surface area contributed by atoms with Crippen molar-refractivity contribution in [2.24, 2.45) is 35.5 Å². The van der Waals surface area contributed by atoms with Crippen molar-refractivity contribution < 1.29 is 0 Å². The van der Waals surface area contributed by atoms with Crippen LogP contribution in [-0.2, 0) is 0 Å². The zero-order valence-electron chi connectivity index (χ0n) is 21.4. The van der Waals surface area contributed by atoms with Crippen LogP contribution in [-0.4, -0.2) is 0 Å². The summed E-state index contributed by atoms with van der Waals surface area (Å²) in [6.07, 6.45) is 20.0. The van der Waals surface area contributed by atoms with E-state index in [1.54, 1.807) is 0 Å². The smallest absolute Gasteiger partial charge is 0.0438 e. The van der Waals surface area contributed by atoms with Crippen molar-refractivity contribution in [1.29, 1.82) is 0 Å². The highest BCUT2D eigenvalue weighted by atomic mass is 14.2. The zero-order valence-corrected chi connectivity index (χ0v) is 21.4. The van der Waals surface area contributed by atoms with Gasteiger partial charge in [0.25, 0.3) is 0 Å². The fourth-order valence-corrected chi connectivity index (χ4v) is 5.62. The van der Waals surface area contributed by atoms with E-state index in [1.165, 1.54) is 89.9 Å². The van der Waals surface area contributed by atoms with E-state index >= 15 is 0 Å². The third-order valence-electron chi connectivity index (χ3n) is 6.94. The van der Waals surface area contributed by atoms with E-state index in [0.29, 0.717) is 0 Å². The summed E-state index contributed by atoms with van der Waals surface area (Å²) < 4.78 is 0. The summed E-state index contributed by atoms with van der Waals surface area (Å²) in [5.74, 6) is 5.52. The van der Waals surface area contributed by atoms with Gasteiger partial charge in [-0.15, -0.1) is 0 Å². The van der Waals surface area contributed by atoms with Crippen LogP contribution in [0.1, 0.15) is 145 Å². The van der Waals surface area contributed by atoms with Crippen LogP contribution in [0.3, 0.4) is 0 Å². The molecule has 2 unspecified atom stereocenters. The molecule has 0 saturated heterocycles. The molecule has 6 atom stereocenters. The normalized spacial score (nSPS) is 18.4. The average Bonchev–Trinajstić information content (AvgIpc) is 2.59. The second-order valence-electron chi connectivity index (χ2n) is 11.1. The summed E-state index contributed by atoms with van der Waals surface area (Å²) >= 11 is 0. The van der Waals surface area contributed by atoms with Crippen molar-refractivity contribution in [2.45, 2.75) is 145 Å². The van der Waals surface area contributed by atoms with Crippen molar-refractivity contribution >= 4 is 0 Å². The third kappa shape index (κ3) is 16.9. The van der Waals surface area contributed by atoms with Crippen molar-refractivity contribution in [2.75, 3.05) is 0 Å². The van der Waals surface area contributed by atoms with Gasteiger partial charge in [0.05, 0.1) is 0 Å². The van der Waals surface area contributed by atoms with E-state index in [-0.39, 0.29) is 0 Å². The van der Waals surface area contributed by atoms with E-state index < -0.39 is 0 Å². The molecule has 0 aromatic rings. The van der Waals surface area contributed by atoms with Crippen molar-refractivity contribution in [3.8, 4) is 0 Å².